The molecular weight excluding hydrogens is 386 g/mol. The topological polar surface area (TPSA) is 26.0 Å². The van der Waals surface area contributed by atoms with E-state index in [0.717, 1.165) is 29.4 Å². The second kappa shape index (κ2) is 11.9. The van der Waals surface area contributed by atoms with Crippen molar-refractivity contribution in [2.24, 2.45) is 17.8 Å². The third kappa shape index (κ3) is 6.63. The first kappa shape index (κ1) is 23.4. The number of benzene rings is 2. The van der Waals surface area contributed by atoms with Gasteiger partial charge in [-0.25, -0.2) is 0 Å². The molecule has 2 aromatic carbocycles. The molecule has 32 heavy (non-hydrogen) atoms. The van der Waals surface area contributed by atoms with E-state index in [9.17, 15) is 0 Å². The molecule has 1 nitrogen and oxygen atoms in total. The van der Waals surface area contributed by atoms with Crippen molar-refractivity contribution in [1.82, 2.24) is 0 Å². The number of nitrogens with two attached hydrogens (primary N) is 1. The van der Waals surface area contributed by atoms with Crippen LogP contribution in [0.2, 0.25) is 0 Å². The third-order valence-electron chi connectivity index (χ3n) is 8.64. The van der Waals surface area contributed by atoms with Crippen molar-refractivity contribution in [3.05, 3.63) is 54.1 Å². The molecule has 2 fully saturated rings. The predicted octanol–water partition coefficient (Wildman–Crippen LogP) is 9.38. The molecule has 0 amide bonds. The van der Waals surface area contributed by atoms with Gasteiger partial charge in [0, 0.05) is 5.69 Å². The van der Waals surface area contributed by atoms with Crippen molar-refractivity contribution >= 4 is 5.69 Å². The van der Waals surface area contributed by atoms with Gasteiger partial charge < -0.3 is 5.73 Å². The van der Waals surface area contributed by atoms with Crippen LogP contribution in [-0.2, 0) is 0 Å². The molecule has 4 rings (SSSR count). The summed E-state index contributed by atoms with van der Waals surface area (Å²) < 4.78 is 0. The van der Waals surface area contributed by atoms with Crippen LogP contribution in [0.4, 0.5) is 5.69 Å². The maximum Gasteiger partial charge on any atom is 0.0314 e. The summed E-state index contributed by atoms with van der Waals surface area (Å²) in [5, 5.41) is 0. The molecule has 0 unspecified atom stereocenters. The van der Waals surface area contributed by atoms with E-state index in [4.69, 9.17) is 5.73 Å². The lowest BCUT2D eigenvalue weighted by atomic mass is 9.74. The fourth-order valence-electron chi connectivity index (χ4n) is 6.37. The van der Waals surface area contributed by atoms with E-state index in [1.807, 2.05) is 12.1 Å². The van der Waals surface area contributed by atoms with Crippen molar-refractivity contribution in [2.45, 2.75) is 103 Å². The van der Waals surface area contributed by atoms with Gasteiger partial charge in [-0.2, -0.15) is 0 Å². The molecule has 174 valence electrons. The summed E-state index contributed by atoms with van der Waals surface area (Å²) in [5.74, 6) is 3.85. The van der Waals surface area contributed by atoms with Crippen molar-refractivity contribution in [2.75, 3.05) is 5.73 Å². The molecule has 2 aromatic rings. The van der Waals surface area contributed by atoms with Crippen LogP contribution in [-0.4, -0.2) is 0 Å². The normalized spacial score (nSPS) is 26.2. The monoisotopic (exact) mass is 431 g/mol. The van der Waals surface area contributed by atoms with Crippen LogP contribution in [0.15, 0.2) is 48.5 Å². The van der Waals surface area contributed by atoms with E-state index in [1.54, 1.807) is 5.56 Å². The zero-order valence-electron chi connectivity index (χ0n) is 20.4. The van der Waals surface area contributed by atoms with Gasteiger partial charge in [-0.15, -0.1) is 0 Å². The number of hydrogen-bond acceptors (Lipinski definition) is 1. The average Bonchev–Trinajstić information content (AvgIpc) is 2.85. The van der Waals surface area contributed by atoms with Gasteiger partial charge in [0.25, 0.3) is 0 Å². The van der Waals surface area contributed by atoms with Crippen LogP contribution in [0.25, 0.3) is 11.1 Å². The molecule has 0 heterocycles. The summed E-state index contributed by atoms with van der Waals surface area (Å²) in [7, 11) is 0. The molecule has 1 heteroatoms. The van der Waals surface area contributed by atoms with Gasteiger partial charge in [0.2, 0.25) is 0 Å². The molecule has 0 bridgehead atoms. The van der Waals surface area contributed by atoms with Crippen LogP contribution in [0.5, 0.6) is 0 Å². The number of hydrogen-bond donors (Lipinski definition) is 1. The number of anilines is 1. The van der Waals surface area contributed by atoms with Crippen LogP contribution in [0.1, 0.15) is 108 Å². The number of nitrogen functional groups attached to an aromatic ring is 1. The number of unbranched alkanes of at least 4 members (excludes halogenated alkanes) is 2. The molecule has 2 aliphatic carbocycles. The minimum absolute atomic E-state index is 0.769. The van der Waals surface area contributed by atoms with E-state index in [-0.39, 0.29) is 0 Å². The molecular formula is C31H45N. The van der Waals surface area contributed by atoms with Crippen LogP contribution in [0, 0.1) is 17.8 Å². The molecule has 0 atom stereocenters. The Bertz CT molecular complexity index is 774. The molecule has 0 saturated heterocycles. The first-order valence-corrected chi connectivity index (χ1v) is 13.7. The van der Waals surface area contributed by atoms with E-state index in [2.05, 4.69) is 43.3 Å². The fourth-order valence-corrected chi connectivity index (χ4v) is 6.37. The van der Waals surface area contributed by atoms with Gasteiger partial charge in [0.15, 0.2) is 0 Å². The van der Waals surface area contributed by atoms with E-state index in [1.165, 1.54) is 101 Å². The van der Waals surface area contributed by atoms with Gasteiger partial charge in [-0.05, 0) is 78.2 Å². The Morgan fingerprint density at radius 2 is 1.06 bits per heavy atom. The first-order valence-electron chi connectivity index (χ1n) is 13.7. The summed E-state index contributed by atoms with van der Waals surface area (Å²) in [6.45, 7) is 2.32. The Labute approximate surface area is 197 Å². The Morgan fingerprint density at radius 3 is 1.59 bits per heavy atom. The fraction of sp³-hybridized carbons (Fsp3) is 0.613. The largest absolute Gasteiger partial charge is 0.399 e. The van der Waals surface area contributed by atoms with Crippen molar-refractivity contribution in [3.63, 3.8) is 0 Å². The third-order valence-corrected chi connectivity index (χ3v) is 8.64. The number of rotatable bonds is 9. The van der Waals surface area contributed by atoms with Crippen LogP contribution in [0.3, 0.4) is 0 Å². The summed E-state index contributed by atoms with van der Waals surface area (Å²) >= 11 is 0. The molecule has 2 N–H and O–H groups in total. The predicted molar refractivity (Wildman–Crippen MR) is 140 cm³/mol. The Morgan fingerprint density at radius 1 is 0.594 bits per heavy atom. The van der Waals surface area contributed by atoms with Gasteiger partial charge >= 0.3 is 0 Å². The van der Waals surface area contributed by atoms with Gasteiger partial charge in [-0.3, -0.25) is 0 Å². The molecule has 2 aliphatic rings. The molecule has 0 spiro atoms. The highest BCUT2D eigenvalue weighted by Gasteiger charge is 2.25. The van der Waals surface area contributed by atoms with Gasteiger partial charge in [0.1, 0.15) is 0 Å². The van der Waals surface area contributed by atoms with Crippen molar-refractivity contribution < 1.29 is 0 Å². The quantitative estimate of drug-likeness (QED) is 0.310. The molecule has 2 saturated carbocycles. The van der Waals surface area contributed by atoms with Crippen molar-refractivity contribution in [1.29, 1.82) is 0 Å². The smallest absolute Gasteiger partial charge is 0.0314 e. The van der Waals surface area contributed by atoms with E-state index >= 15 is 0 Å². The second-order valence-electron chi connectivity index (χ2n) is 10.9. The Kier molecular flexibility index (Phi) is 8.71. The first-order chi connectivity index (χ1) is 15.7. The lowest BCUT2D eigenvalue weighted by Gasteiger charge is -2.32. The maximum absolute atomic E-state index is 5.83. The zero-order valence-corrected chi connectivity index (χ0v) is 20.4. The minimum atomic E-state index is 0.769. The highest BCUT2D eigenvalue weighted by Crippen LogP contribution is 2.40. The van der Waals surface area contributed by atoms with E-state index < -0.39 is 0 Å². The summed E-state index contributed by atoms with van der Waals surface area (Å²) in [5.41, 5.74) is 10.8. The van der Waals surface area contributed by atoms with Crippen LogP contribution >= 0.6 is 0 Å². The summed E-state index contributed by atoms with van der Waals surface area (Å²) in [6.07, 6.45) is 20.5. The van der Waals surface area contributed by atoms with E-state index in [0.29, 0.717) is 0 Å². The molecule has 0 aromatic heterocycles. The summed E-state index contributed by atoms with van der Waals surface area (Å²) in [6, 6.07) is 17.6. The zero-order chi connectivity index (χ0) is 22.2. The van der Waals surface area contributed by atoms with Gasteiger partial charge in [0.05, 0.1) is 0 Å². The lowest BCUT2D eigenvalue weighted by Crippen LogP contribution is -2.17. The molecule has 0 aliphatic heterocycles. The van der Waals surface area contributed by atoms with Crippen molar-refractivity contribution in [3.8, 4) is 11.1 Å². The minimum Gasteiger partial charge on any atom is -0.399 e. The highest BCUT2D eigenvalue weighted by molar-refractivity contribution is 5.65. The highest BCUT2D eigenvalue weighted by atomic mass is 14.5. The average molecular weight is 432 g/mol. The SMILES string of the molecule is CCCCCC1CCC(CCC2CCC(c3ccc(-c4ccc(N)cc4)cc3)CC2)CC1. The standard InChI is InChI=1S/C31H45N/c1-2-3-4-5-24-6-8-25(9-7-24)10-11-26-12-14-27(15-13-26)28-16-18-29(19-17-28)30-20-22-31(32)23-21-30/h16-27H,2-15,32H2,1H3. The van der Waals surface area contributed by atoms with Gasteiger partial charge in [-0.1, -0.05) is 108 Å². The molecule has 0 radical (unpaired) electrons. The van der Waals surface area contributed by atoms with Crippen LogP contribution < -0.4 is 5.73 Å². The Hall–Kier alpha value is -1.76. The lowest BCUT2D eigenvalue weighted by molar-refractivity contribution is 0.222. The summed E-state index contributed by atoms with van der Waals surface area (Å²) in [4.78, 5) is 0. The second-order valence-corrected chi connectivity index (χ2v) is 10.9. The Balaban J connectivity index is 1.16. The maximum atomic E-state index is 5.83.